The Kier molecular flexibility index (Phi) is 3.99. The molecule has 2 aliphatic rings. The van der Waals surface area contributed by atoms with Gasteiger partial charge >= 0.3 is 0 Å². The molecular weight excluding hydrogens is 384 g/mol. The first-order valence-electron chi connectivity index (χ1n) is 8.74. The van der Waals surface area contributed by atoms with Gasteiger partial charge in [0.2, 0.25) is 10.0 Å². The molecule has 2 aromatic heterocycles. The fraction of sp³-hybridized carbons (Fsp3) is 0.263. The highest BCUT2D eigenvalue weighted by Gasteiger charge is 2.38. The van der Waals surface area contributed by atoms with E-state index in [1.807, 2.05) is 35.8 Å². The summed E-state index contributed by atoms with van der Waals surface area (Å²) in [4.78, 5) is 1.24. The number of benzene rings is 1. The third-order valence-corrected chi connectivity index (χ3v) is 7.71. The van der Waals surface area contributed by atoms with E-state index in [1.165, 1.54) is 0 Å². The second kappa shape index (κ2) is 6.40. The number of nitrogens with zero attached hydrogens (tertiary/aromatic N) is 2. The highest BCUT2D eigenvalue weighted by Crippen LogP contribution is 2.40. The van der Waals surface area contributed by atoms with Gasteiger partial charge in [-0.05, 0) is 35.7 Å². The summed E-state index contributed by atoms with van der Waals surface area (Å²) in [6.07, 6.45) is 2.00. The van der Waals surface area contributed by atoms with Gasteiger partial charge in [-0.3, -0.25) is 0 Å². The van der Waals surface area contributed by atoms with Gasteiger partial charge in [0.15, 0.2) is 11.5 Å². The Morgan fingerprint density at radius 3 is 2.67 bits per heavy atom. The molecule has 1 atom stereocenters. The van der Waals surface area contributed by atoms with E-state index in [4.69, 9.17) is 9.47 Å². The molecule has 0 spiro atoms. The molecule has 2 aliphatic heterocycles. The van der Waals surface area contributed by atoms with Crippen molar-refractivity contribution in [2.45, 2.75) is 17.5 Å². The first-order valence-corrected chi connectivity index (χ1v) is 11.1. The van der Waals surface area contributed by atoms with Crippen molar-refractivity contribution in [3.8, 4) is 11.5 Å². The van der Waals surface area contributed by atoms with Gasteiger partial charge in [0.05, 0.1) is 10.9 Å². The molecule has 1 aromatic carbocycles. The third-order valence-electron chi connectivity index (χ3n) is 4.93. The lowest BCUT2D eigenvalue weighted by molar-refractivity contribution is 0.171. The molecule has 6 nitrogen and oxygen atoms in total. The largest absolute Gasteiger partial charge is 0.486 e. The molecule has 0 N–H and O–H groups in total. The van der Waals surface area contributed by atoms with Crippen LogP contribution in [0.25, 0.3) is 0 Å². The average Bonchev–Trinajstić information content (AvgIpc) is 3.38. The highest BCUT2D eigenvalue weighted by atomic mass is 32.2. The van der Waals surface area contributed by atoms with Crippen LogP contribution in [-0.4, -0.2) is 37.0 Å². The fourth-order valence-electron chi connectivity index (χ4n) is 3.68. The zero-order chi connectivity index (χ0) is 18.4. The van der Waals surface area contributed by atoms with Crippen molar-refractivity contribution in [2.24, 2.45) is 0 Å². The Bertz CT molecular complexity index is 1070. The highest BCUT2D eigenvalue weighted by molar-refractivity contribution is 7.89. The second-order valence-electron chi connectivity index (χ2n) is 6.47. The van der Waals surface area contributed by atoms with Gasteiger partial charge in [0, 0.05) is 35.9 Å². The molecule has 0 bridgehead atoms. The van der Waals surface area contributed by atoms with E-state index in [-0.39, 0.29) is 10.9 Å². The zero-order valence-electron chi connectivity index (χ0n) is 14.4. The topological polar surface area (TPSA) is 60.8 Å². The average molecular weight is 402 g/mol. The van der Waals surface area contributed by atoms with Crippen LogP contribution in [0.15, 0.2) is 58.9 Å². The maximum atomic E-state index is 13.5. The van der Waals surface area contributed by atoms with Crippen LogP contribution in [-0.2, 0) is 16.6 Å². The summed E-state index contributed by atoms with van der Waals surface area (Å²) >= 11 is 1.57. The number of ether oxygens (including phenoxy) is 2. The molecule has 0 saturated heterocycles. The smallest absolute Gasteiger partial charge is 0.244 e. The molecule has 5 rings (SSSR count). The van der Waals surface area contributed by atoms with Crippen molar-refractivity contribution in [1.82, 2.24) is 8.87 Å². The molecule has 8 heteroatoms. The van der Waals surface area contributed by atoms with Crippen LogP contribution in [0.2, 0.25) is 0 Å². The lowest BCUT2D eigenvalue weighted by Gasteiger charge is -2.35. The maximum Gasteiger partial charge on any atom is 0.244 e. The van der Waals surface area contributed by atoms with Crippen LogP contribution in [0.5, 0.6) is 11.5 Å². The van der Waals surface area contributed by atoms with Gasteiger partial charge in [-0.25, -0.2) is 8.42 Å². The van der Waals surface area contributed by atoms with Crippen molar-refractivity contribution < 1.29 is 17.9 Å². The monoisotopic (exact) mass is 402 g/mol. The molecule has 0 saturated carbocycles. The summed E-state index contributed by atoms with van der Waals surface area (Å²) in [5.41, 5.74) is 0.991. The SMILES string of the molecule is O=S(=O)(c1ccc2c(c1)OCCO2)N1CCn2cccc2C1c1cccs1. The summed E-state index contributed by atoms with van der Waals surface area (Å²) < 4.78 is 41.9. The predicted octanol–water partition coefficient (Wildman–Crippen LogP) is 3.11. The minimum atomic E-state index is -3.70. The van der Waals surface area contributed by atoms with Crippen LogP contribution in [0.4, 0.5) is 0 Å². The van der Waals surface area contributed by atoms with Crippen LogP contribution in [0.1, 0.15) is 16.6 Å². The number of fused-ring (bicyclic) bond motifs is 2. The Labute approximate surface area is 161 Å². The predicted molar refractivity (Wildman–Crippen MR) is 102 cm³/mol. The van der Waals surface area contributed by atoms with E-state index in [0.29, 0.717) is 37.8 Å². The van der Waals surface area contributed by atoms with E-state index >= 15 is 0 Å². The van der Waals surface area contributed by atoms with Crippen molar-refractivity contribution >= 4 is 21.4 Å². The van der Waals surface area contributed by atoms with Gasteiger partial charge in [-0.15, -0.1) is 11.3 Å². The fourth-order valence-corrected chi connectivity index (χ4v) is 6.18. The molecule has 27 heavy (non-hydrogen) atoms. The number of hydrogen-bond donors (Lipinski definition) is 0. The first-order chi connectivity index (χ1) is 13.1. The number of rotatable bonds is 3. The van der Waals surface area contributed by atoms with E-state index in [2.05, 4.69) is 4.57 Å². The summed E-state index contributed by atoms with van der Waals surface area (Å²) in [7, 11) is -3.70. The lowest BCUT2D eigenvalue weighted by atomic mass is 10.1. The first kappa shape index (κ1) is 16.9. The van der Waals surface area contributed by atoms with E-state index in [9.17, 15) is 8.42 Å². The van der Waals surface area contributed by atoms with Crippen LogP contribution in [0, 0.1) is 0 Å². The Hall–Kier alpha value is -2.29. The van der Waals surface area contributed by atoms with E-state index in [1.54, 1.807) is 33.8 Å². The van der Waals surface area contributed by atoms with Crippen molar-refractivity contribution in [2.75, 3.05) is 19.8 Å². The quantitative estimate of drug-likeness (QED) is 0.675. The summed E-state index contributed by atoms with van der Waals surface area (Å²) in [6, 6.07) is 12.4. The number of hydrogen-bond acceptors (Lipinski definition) is 5. The third kappa shape index (κ3) is 2.75. The van der Waals surface area contributed by atoms with Crippen molar-refractivity contribution in [3.05, 3.63) is 64.6 Å². The molecule has 4 heterocycles. The van der Waals surface area contributed by atoms with Gasteiger partial charge in [0.1, 0.15) is 13.2 Å². The molecule has 140 valence electrons. The van der Waals surface area contributed by atoms with Gasteiger partial charge in [-0.1, -0.05) is 6.07 Å². The Balaban J connectivity index is 1.60. The maximum absolute atomic E-state index is 13.5. The number of thiophene rings is 1. The normalized spacial score (nSPS) is 19.6. The second-order valence-corrected chi connectivity index (χ2v) is 9.34. The molecular formula is C19H18N2O4S2. The van der Waals surface area contributed by atoms with Crippen molar-refractivity contribution in [3.63, 3.8) is 0 Å². The Morgan fingerprint density at radius 2 is 1.85 bits per heavy atom. The van der Waals surface area contributed by atoms with Gasteiger partial charge in [-0.2, -0.15) is 4.31 Å². The molecule has 0 fully saturated rings. The van der Waals surface area contributed by atoms with Crippen LogP contribution in [0.3, 0.4) is 0 Å². The van der Waals surface area contributed by atoms with E-state index in [0.717, 1.165) is 10.6 Å². The molecule has 0 aliphatic carbocycles. The van der Waals surface area contributed by atoms with Gasteiger partial charge < -0.3 is 14.0 Å². The zero-order valence-corrected chi connectivity index (χ0v) is 16.1. The number of sulfonamides is 1. The molecule has 1 unspecified atom stereocenters. The lowest BCUT2D eigenvalue weighted by Crippen LogP contribution is -2.42. The summed E-state index contributed by atoms with van der Waals surface area (Å²) in [6.45, 7) is 1.95. The Morgan fingerprint density at radius 1 is 1.00 bits per heavy atom. The standard InChI is InChI=1S/C19H18N2O4S2/c22-27(23,14-5-6-16-17(13-14)25-11-10-24-16)21-9-8-20-7-1-3-15(20)19(21)18-4-2-12-26-18/h1-7,12-13,19H,8-11H2. The van der Waals surface area contributed by atoms with Crippen LogP contribution < -0.4 is 9.47 Å². The number of aromatic nitrogens is 1. The summed E-state index contributed by atoms with van der Waals surface area (Å²) in [5, 5.41) is 1.98. The minimum Gasteiger partial charge on any atom is -0.486 e. The van der Waals surface area contributed by atoms with Crippen molar-refractivity contribution in [1.29, 1.82) is 0 Å². The van der Waals surface area contributed by atoms with E-state index < -0.39 is 10.0 Å². The molecule has 0 radical (unpaired) electrons. The molecule has 3 aromatic rings. The van der Waals surface area contributed by atoms with Crippen LogP contribution >= 0.6 is 11.3 Å². The van der Waals surface area contributed by atoms with Gasteiger partial charge in [0.25, 0.3) is 0 Å². The minimum absolute atomic E-state index is 0.230. The molecule has 0 amide bonds. The summed E-state index contributed by atoms with van der Waals surface area (Å²) in [5.74, 6) is 1.07.